The van der Waals surface area contributed by atoms with Crippen LogP contribution in [0.1, 0.15) is 32.3 Å². The Hall–Kier alpha value is -2.38. The molecular formula is C21H28N2O4S. The van der Waals surface area contributed by atoms with Crippen LogP contribution >= 0.6 is 0 Å². The number of unbranched alkanes of at least 4 members (excludes halogenated alkanes) is 1. The topological polar surface area (TPSA) is 75.7 Å². The zero-order valence-corrected chi connectivity index (χ0v) is 17.5. The molecule has 0 saturated heterocycles. The molecule has 1 amide bonds. The Kier molecular flexibility index (Phi) is 8.02. The molecule has 28 heavy (non-hydrogen) atoms. The third-order valence-electron chi connectivity index (χ3n) is 4.38. The summed E-state index contributed by atoms with van der Waals surface area (Å²) >= 11 is 0. The summed E-state index contributed by atoms with van der Waals surface area (Å²) in [6, 6.07) is 13.9. The SMILES string of the molecule is CCCCN(CCc1ccc(OC)cc1)S(=O)(=O)c1ccc(NC(C)=O)cc1. The number of carbonyl (C=O) groups excluding carboxylic acids is 1. The Balaban J connectivity index is 2.15. The van der Waals surface area contributed by atoms with Crippen molar-refractivity contribution in [3.8, 4) is 5.75 Å². The third-order valence-corrected chi connectivity index (χ3v) is 6.30. The molecule has 0 spiro atoms. The lowest BCUT2D eigenvalue weighted by molar-refractivity contribution is -0.114. The van der Waals surface area contributed by atoms with Crippen LogP contribution in [-0.2, 0) is 21.2 Å². The molecular weight excluding hydrogens is 376 g/mol. The quantitative estimate of drug-likeness (QED) is 0.655. The number of carbonyl (C=O) groups is 1. The number of nitrogens with one attached hydrogen (secondary N) is 1. The zero-order valence-electron chi connectivity index (χ0n) is 16.6. The van der Waals surface area contributed by atoms with Crippen LogP contribution in [-0.4, -0.2) is 38.8 Å². The monoisotopic (exact) mass is 404 g/mol. The van der Waals surface area contributed by atoms with Gasteiger partial charge in [-0.05, 0) is 54.8 Å². The Morgan fingerprint density at radius 3 is 2.21 bits per heavy atom. The van der Waals surface area contributed by atoms with Crippen molar-refractivity contribution in [1.29, 1.82) is 0 Å². The molecule has 7 heteroatoms. The minimum absolute atomic E-state index is 0.195. The highest BCUT2D eigenvalue weighted by atomic mass is 32.2. The smallest absolute Gasteiger partial charge is 0.243 e. The van der Waals surface area contributed by atoms with Crippen LogP contribution in [0.4, 0.5) is 5.69 Å². The van der Waals surface area contributed by atoms with Crippen molar-refractivity contribution in [1.82, 2.24) is 4.31 Å². The van der Waals surface area contributed by atoms with E-state index < -0.39 is 10.0 Å². The summed E-state index contributed by atoms with van der Waals surface area (Å²) in [5.41, 5.74) is 1.63. The molecule has 0 atom stereocenters. The molecule has 0 heterocycles. The summed E-state index contributed by atoms with van der Waals surface area (Å²) in [6.45, 7) is 4.33. The van der Waals surface area contributed by atoms with Crippen molar-refractivity contribution in [3.05, 3.63) is 54.1 Å². The number of rotatable bonds is 10. The summed E-state index contributed by atoms with van der Waals surface area (Å²) in [5, 5.41) is 2.65. The summed E-state index contributed by atoms with van der Waals surface area (Å²) < 4.78 is 32.9. The number of ether oxygens (including phenoxy) is 1. The molecule has 0 radical (unpaired) electrons. The molecule has 2 aromatic rings. The van der Waals surface area contributed by atoms with E-state index >= 15 is 0 Å². The van der Waals surface area contributed by atoms with Crippen molar-refractivity contribution in [2.45, 2.75) is 38.0 Å². The second-order valence-corrected chi connectivity index (χ2v) is 8.50. The van der Waals surface area contributed by atoms with E-state index in [-0.39, 0.29) is 10.8 Å². The maximum absolute atomic E-state index is 13.1. The maximum Gasteiger partial charge on any atom is 0.243 e. The van der Waals surface area contributed by atoms with Crippen LogP contribution in [0.3, 0.4) is 0 Å². The molecule has 0 aliphatic heterocycles. The minimum atomic E-state index is -3.61. The molecule has 0 aromatic heterocycles. The average Bonchev–Trinajstić information content (AvgIpc) is 2.68. The predicted molar refractivity (Wildman–Crippen MR) is 111 cm³/mol. The molecule has 0 saturated carbocycles. The van der Waals surface area contributed by atoms with Gasteiger partial charge in [-0.1, -0.05) is 25.5 Å². The fourth-order valence-corrected chi connectivity index (χ4v) is 4.27. The van der Waals surface area contributed by atoms with E-state index in [0.29, 0.717) is 25.2 Å². The van der Waals surface area contributed by atoms with Gasteiger partial charge in [-0.25, -0.2) is 8.42 Å². The van der Waals surface area contributed by atoms with Gasteiger partial charge in [0.15, 0.2) is 0 Å². The van der Waals surface area contributed by atoms with Crippen molar-refractivity contribution < 1.29 is 17.9 Å². The number of hydrogen-bond acceptors (Lipinski definition) is 4. The highest BCUT2D eigenvalue weighted by Crippen LogP contribution is 2.20. The fourth-order valence-electron chi connectivity index (χ4n) is 2.80. The molecule has 2 rings (SSSR count). The first-order chi connectivity index (χ1) is 13.4. The average molecular weight is 405 g/mol. The van der Waals surface area contributed by atoms with E-state index in [4.69, 9.17) is 4.74 Å². The maximum atomic E-state index is 13.1. The summed E-state index contributed by atoms with van der Waals surface area (Å²) in [6.07, 6.45) is 2.33. The number of nitrogens with zero attached hydrogens (tertiary/aromatic N) is 1. The summed E-state index contributed by atoms with van der Waals surface area (Å²) in [7, 11) is -1.99. The molecule has 0 aliphatic rings. The van der Waals surface area contributed by atoms with Crippen LogP contribution < -0.4 is 10.1 Å². The van der Waals surface area contributed by atoms with E-state index in [9.17, 15) is 13.2 Å². The van der Waals surface area contributed by atoms with Crippen molar-refractivity contribution in [3.63, 3.8) is 0 Å². The molecule has 2 aromatic carbocycles. The predicted octanol–water partition coefficient (Wildman–Crippen LogP) is 3.69. The summed E-state index contributed by atoms with van der Waals surface area (Å²) in [5.74, 6) is 0.582. The van der Waals surface area contributed by atoms with Gasteiger partial charge in [-0.2, -0.15) is 4.31 Å². The Morgan fingerprint density at radius 1 is 1.04 bits per heavy atom. The first-order valence-corrected chi connectivity index (χ1v) is 10.8. The number of sulfonamides is 1. The third kappa shape index (κ3) is 6.07. The Bertz CT molecular complexity index is 862. The van der Waals surface area contributed by atoms with Gasteiger partial charge in [0.25, 0.3) is 0 Å². The standard InChI is InChI=1S/C21H28N2O4S/c1-4-5-15-23(16-14-18-6-10-20(27-3)11-7-18)28(25,26)21-12-8-19(9-13-21)22-17(2)24/h6-13H,4-5,14-16H2,1-3H3,(H,22,24). The van der Waals surface area contributed by atoms with Gasteiger partial charge in [-0.15, -0.1) is 0 Å². The number of amides is 1. The molecule has 1 N–H and O–H groups in total. The zero-order chi connectivity index (χ0) is 20.6. The fraction of sp³-hybridized carbons (Fsp3) is 0.381. The number of methoxy groups -OCH3 is 1. The number of anilines is 1. The number of benzene rings is 2. The molecule has 0 fully saturated rings. The van der Waals surface area contributed by atoms with Gasteiger partial charge in [-0.3, -0.25) is 4.79 Å². The van der Waals surface area contributed by atoms with Gasteiger partial charge in [0.1, 0.15) is 5.75 Å². The molecule has 6 nitrogen and oxygen atoms in total. The van der Waals surface area contributed by atoms with Crippen molar-refractivity contribution >= 4 is 21.6 Å². The lowest BCUT2D eigenvalue weighted by Crippen LogP contribution is -2.34. The second-order valence-electron chi connectivity index (χ2n) is 6.56. The largest absolute Gasteiger partial charge is 0.497 e. The van der Waals surface area contributed by atoms with Crippen molar-refractivity contribution in [2.24, 2.45) is 0 Å². The number of hydrogen-bond donors (Lipinski definition) is 1. The Labute approximate surface area is 167 Å². The minimum Gasteiger partial charge on any atom is -0.497 e. The van der Waals surface area contributed by atoms with Crippen LogP contribution in [0.2, 0.25) is 0 Å². The van der Waals surface area contributed by atoms with E-state index in [1.165, 1.54) is 23.4 Å². The lowest BCUT2D eigenvalue weighted by atomic mass is 10.1. The van der Waals surface area contributed by atoms with Crippen LogP contribution in [0.25, 0.3) is 0 Å². The van der Waals surface area contributed by atoms with Gasteiger partial charge in [0.2, 0.25) is 15.9 Å². The van der Waals surface area contributed by atoms with E-state index in [1.54, 1.807) is 19.2 Å². The normalized spacial score (nSPS) is 11.4. The van der Waals surface area contributed by atoms with Crippen molar-refractivity contribution in [2.75, 3.05) is 25.5 Å². The second kappa shape index (κ2) is 10.2. The van der Waals surface area contributed by atoms with E-state index in [2.05, 4.69) is 5.32 Å². The van der Waals surface area contributed by atoms with E-state index in [0.717, 1.165) is 24.2 Å². The van der Waals surface area contributed by atoms with Gasteiger partial charge < -0.3 is 10.1 Å². The highest BCUT2D eigenvalue weighted by Gasteiger charge is 2.23. The molecule has 152 valence electrons. The van der Waals surface area contributed by atoms with Crippen LogP contribution in [0.15, 0.2) is 53.4 Å². The summed E-state index contributed by atoms with van der Waals surface area (Å²) in [4.78, 5) is 11.4. The lowest BCUT2D eigenvalue weighted by Gasteiger charge is -2.22. The Morgan fingerprint density at radius 2 is 1.68 bits per heavy atom. The highest BCUT2D eigenvalue weighted by molar-refractivity contribution is 7.89. The first-order valence-electron chi connectivity index (χ1n) is 9.37. The molecule has 0 aliphatic carbocycles. The van der Waals surface area contributed by atoms with Gasteiger partial charge >= 0.3 is 0 Å². The van der Waals surface area contributed by atoms with Gasteiger partial charge in [0, 0.05) is 25.7 Å². The molecule has 0 bridgehead atoms. The first kappa shape index (κ1) is 21.9. The van der Waals surface area contributed by atoms with Gasteiger partial charge in [0.05, 0.1) is 12.0 Å². The van der Waals surface area contributed by atoms with E-state index in [1.807, 2.05) is 31.2 Å². The molecule has 0 unspecified atom stereocenters. The van der Waals surface area contributed by atoms with Crippen LogP contribution in [0.5, 0.6) is 5.75 Å². The van der Waals surface area contributed by atoms with Crippen LogP contribution in [0, 0.1) is 0 Å².